The SMILES string of the molecule is Cc1ccc(C(C)Nc2cn(C)nc2C)s1. The Kier molecular flexibility index (Phi) is 3.01. The molecule has 1 N–H and O–H groups in total. The molecule has 0 amide bonds. The predicted octanol–water partition coefficient (Wildman–Crippen LogP) is 3.27. The van der Waals surface area contributed by atoms with Crippen molar-refractivity contribution in [3.8, 4) is 0 Å². The molecule has 1 atom stereocenters. The molecule has 86 valence electrons. The molecule has 2 aromatic heterocycles. The van der Waals surface area contributed by atoms with Crippen LogP contribution in [0.4, 0.5) is 5.69 Å². The van der Waals surface area contributed by atoms with E-state index in [1.807, 2.05) is 36.2 Å². The van der Waals surface area contributed by atoms with Crippen LogP contribution >= 0.6 is 11.3 Å². The maximum absolute atomic E-state index is 4.32. The molecule has 0 bridgehead atoms. The highest BCUT2D eigenvalue weighted by atomic mass is 32.1. The van der Waals surface area contributed by atoms with Crippen LogP contribution in [0.25, 0.3) is 0 Å². The molecule has 1 unspecified atom stereocenters. The zero-order chi connectivity index (χ0) is 11.7. The molecule has 0 radical (unpaired) electrons. The van der Waals surface area contributed by atoms with E-state index >= 15 is 0 Å². The van der Waals surface area contributed by atoms with E-state index in [9.17, 15) is 0 Å². The Balaban J connectivity index is 2.13. The van der Waals surface area contributed by atoms with Crippen molar-refractivity contribution in [2.24, 2.45) is 7.05 Å². The number of rotatable bonds is 3. The molecule has 2 rings (SSSR count). The second-order valence-corrected chi connectivity index (χ2v) is 5.44. The van der Waals surface area contributed by atoms with Gasteiger partial charge in [-0.1, -0.05) is 0 Å². The van der Waals surface area contributed by atoms with Gasteiger partial charge in [0.2, 0.25) is 0 Å². The Morgan fingerprint density at radius 1 is 1.38 bits per heavy atom. The third-order valence-corrected chi connectivity index (χ3v) is 3.76. The van der Waals surface area contributed by atoms with E-state index in [1.165, 1.54) is 9.75 Å². The molecule has 0 aliphatic rings. The molecule has 0 aromatic carbocycles. The summed E-state index contributed by atoms with van der Waals surface area (Å²) in [4.78, 5) is 2.72. The van der Waals surface area contributed by atoms with E-state index in [1.54, 1.807) is 0 Å². The minimum Gasteiger partial charge on any atom is -0.375 e. The van der Waals surface area contributed by atoms with Crippen LogP contribution in [0.1, 0.15) is 28.4 Å². The molecule has 2 heterocycles. The fourth-order valence-corrected chi connectivity index (χ4v) is 2.61. The average molecular weight is 235 g/mol. The van der Waals surface area contributed by atoms with E-state index in [0.29, 0.717) is 6.04 Å². The lowest BCUT2D eigenvalue weighted by Crippen LogP contribution is -2.04. The van der Waals surface area contributed by atoms with Crippen molar-refractivity contribution in [2.75, 3.05) is 5.32 Å². The van der Waals surface area contributed by atoms with E-state index < -0.39 is 0 Å². The Bertz CT molecular complexity index is 484. The van der Waals surface area contributed by atoms with Gasteiger partial charge in [-0.15, -0.1) is 11.3 Å². The van der Waals surface area contributed by atoms with Gasteiger partial charge in [-0.2, -0.15) is 5.10 Å². The summed E-state index contributed by atoms with van der Waals surface area (Å²) in [6.07, 6.45) is 2.02. The minimum absolute atomic E-state index is 0.335. The molecule has 3 nitrogen and oxygen atoms in total. The zero-order valence-corrected chi connectivity index (χ0v) is 10.9. The maximum atomic E-state index is 4.32. The van der Waals surface area contributed by atoms with Crippen LogP contribution in [-0.4, -0.2) is 9.78 Å². The molecule has 0 saturated carbocycles. The fourth-order valence-electron chi connectivity index (χ4n) is 1.73. The highest BCUT2D eigenvalue weighted by Crippen LogP contribution is 2.26. The molecule has 0 aliphatic carbocycles. The third kappa shape index (κ3) is 2.27. The van der Waals surface area contributed by atoms with Gasteiger partial charge in [-0.05, 0) is 32.9 Å². The van der Waals surface area contributed by atoms with Gasteiger partial charge in [-0.25, -0.2) is 0 Å². The lowest BCUT2D eigenvalue weighted by Gasteiger charge is -2.12. The number of anilines is 1. The zero-order valence-electron chi connectivity index (χ0n) is 10.1. The lowest BCUT2D eigenvalue weighted by molar-refractivity contribution is 0.756. The van der Waals surface area contributed by atoms with Crippen molar-refractivity contribution in [1.82, 2.24) is 9.78 Å². The van der Waals surface area contributed by atoms with Gasteiger partial charge < -0.3 is 5.32 Å². The molecule has 4 heteroatoms. The lowest BCUT2D eigenvalue weighted by atomic mass is 10.2. The standard InChI is InChI=1S/C12H17N3S/c1-8-5-6-12(16-8)10(3)13-11-7-15(4)14-9(11)2/h5-7,10,13H,1-4H3. The number of nitrogens with one attached hydrogen (secondary N) is 1. The summed E-state index contributed by atoms with van der Waals surface area (Å²) in [5, 5.41) is 7.81. The van der Waals surface area contributed by atoms with Crippen LogP contribution in [-0.2, 0) is 7.05 Å². The van der Waals surface area contributed by atoms with E-state index in [4.69, 9.17) is 0 Å². The highest BCUT2D eigenvalue weighted by molar-refractivity contribution is 7.12. The van der Waals surface area contributed by atoms with Crippen molar-refractivity contribution in [3.05, 3.63) is 33.8 Å². The topological polar surface area (TPSA) is 29.9 Å². The van der Waals surface area contributed by atoms with Gasteiger partial charge in [0.1, 0.15) is 0 Å². The second kappa shape index (κ2) is 4.29. The van der Waals surface area contributed by atoms with Crippen LogP contribution in [0.15, 0.2) is 18.3 Å². The van der Waals surface area contributed by atoms with E-state index in [2.05, 4.69) is 36.4 Å². The number of hydrogen-bond acceptors (Lipinski definition) is 3. The van der Waals surface area contributed by atoms with Gasteiger partial charge in [0.25, 0.3) is 0 Å². The molecule has 0 fully saturated rings. The molecule has 0 aliphatic heterocycles. The first kappa shape index (κ1) is 11.2. The van der Waals surface area contributed by atoms with Gasteiger partial charge in [-0.3, -0.25) is 4.68 Å². The van der Waals surface area contributed by atoms with Crippen molar-refractivity contribution < 1.29 is 0 Å². The first-order chi connectivity index (χ1) is 7.56. The normalized spacial score (nSPS) is 12.8. The Hall–Kier alpha value is -1.29. The predicted molar refractivity (Wildman–Crippen MR) is 69.0 cm³/mol. The fraction of sp³-hybridized carbons (Fsp3) is 0.417. The van der Waals surface area contributed by atoms with Crippen LogP contribution in [0.2, 0.25) is 0 Å². The van der Waals surface area contributed by atoms with Gasteiger partial charge >= 0.3 is 0 Å². The van der Waals surface area contributed by atoms with Crippen LogP contribution in [0.5, 0.6) is 0 Å². The van der Waals surface area contributed by atoms with Crippen molar-refractivity contribution in [1.29, 1.82) is 0 Å². The number of thiophene rings is 1. The Morgan fingerprint density at radius 2 is 2.12 bits per heavy atom. The van der Waals surface area contributed by atoms with Crippen molar-refractivity contribution in [3.63, 3.8) is 0 Å². The van der Waals surface area contributed by atoms with Crippen LogP contribution in [0.3, 0.4) is 0 Å². The molecular weight excluding hydrogens is 218 g/mol. The minimum atomic E-state index is 0.335. The molecule has 0 spiro atoms. The number of hydrogen-bond donors (Lipinski definition) is 1. The quantitative estimate of drug-likeness (QED) is 0.885. The first-order valence-electron chi connectivity index (χ1n) is 5.39. The summed E-state index contributed by atoms with van der Waals surface area (Å²) < 4.78 is 1.84. The first-order valence-corrected chi connectivity index (χ1v) is 6.21. The second-order valence-electron chi connectivity index (χ2n) is 4.12. The van der Waals surface area contributed by atoms with Gasteiger partial charge in [0.05, 0.1) is 17.4 Å². The Labute approximate surface area is 100 Å². The summed E-state index contributed by atoms with van der Waals surface area (Å²) in [6.45, 7) is 6.34. The Morgan fingerprint density at radius 3 is 2.62 bits per heavy atom. The average Bonchev–Trinajstić information content (AvgIpc) is 2.74. The summed E-state index contributed by atoms with van der Waals surface area (Å²) in [5.74, 6) is 0. The van der Waals surface area contributed by atoms with Crippen LogP contribution < -0.4 is 5.32 Å². The molecular formula is C12H17N3S. The summed E-state index contributed by atoms with van der Waals surface area (Å²) >= 11 is 1.84. The monoisotopic (exact) mass is 235 g/mol. The number of aryl methyl sites for hydroxylation is 3. The molecule has 2 aromatic rings. The number of aromatic nitrogens is 2. The van der Waals surface area contributed by atoms with E-state index in [0.717, 1.165) is 11.4 Å². The largest absolute Gasteiger partial charge is 0.375 e. The summed E-state index contributed by atoms with van der Waals surface area (Å²) in [5.41, 5.74) is 2.16. The smallest absolute Gasteiger partial charge is 0.0825 e. The van der Waals surface area contributed by atoms with Crippen molar-refractivity contribution >= 4 is 17.0 Å². The third-order valence-electron chi connectivity index (χ3n) is 2.57. The molecule has 16 heavy (non-hydrogen) atoms. The highest BCUT2D eigenvalue weighted by Gasteiger charge is 2.10. The summed E-state index contributed by atoms with van der Waals surface area (Å²) in [6, 6.07) is 4.68. The van der Waals surface area contributed by atoms with Crippen LogP contribution in [0, 0.1) is 13.8 Å². The van der Waals surface area contributed by atoms with Crippen molar-refractivity contribution in [2.45, 2.75) is 26.8 Å². The van der Waals surface area contributed by atoms with Gasteiger partial charge in [0.15, 0.2) is 0 Å². The number of nitrogens with zero attached hydrogens (tertiary/aromatic N) is 2. The van der Waals surface area contributed by atoms with E-state index in [-0.39, 0.29) is 0 Å². The summed E-state index contributed by atoms with van der Waals surface area (Å²) in [7, 11) is 1.94. The maximum Gasteiger partial charge on any atom is 0.0825 e. The van der Waals surface area contributed by atoms with Gasteiger partial charge in [0, 0.05) is 23.0 Å². The molecule has 0 saturated heterocycles.